The molecule has 0 unspecified atom stereocenters. The van der Waals surface area contributed by atoms with Crippen LogP contribution in [-0.2, 0) is 36.0 Å². The lowest BCUT2D eigenvalue weighted by Gasteiger charge is -2.41. The molecular formula is C13H12F3O7PS. The lowest BCUT2D eigenvalue weighted by Crippen LogP contribution is -2.53. The van der Waals surface area contributed by atoms with Crippen molar-refractivity contribution in [3.05, 3.63) is 17.7 Å². The molecule has 0 spiro atoms. The van der Waals surface area contributed by atoms with Gasteiger partial charge in [-0.2, -0.15) is 13.2 Å². The summed E-state index contributed by atoms with van der Waals surface area (Å²) in [5, 5.41) is 0. The van der Waals surface area contributed by atoms with E-state index in [2.05, 4.69) is 4.74 Å². The summed E-state index contributed by atoms with van der Waals surface area (Å²) in [5.41, 5.74) is -4.14. The normalized spacial score (nSPS) is 27.4. The number of esters is 1. The number of ether oxygens (including phenoxy) is 3. The van der Waals surface area contributed by atoms with Crippen molar-refractivity contribution < 1.29 is 45.7 Å². The minimum atomic E-state index is -5.20. The zero-order valence-corrected chi connectivity index (χ0v) is 14.6. The fourth-order valence-electron chi connectivity index (χ4n) is 2.45. The molecule has 0 saturated carbocycles. The Balaban J connectivity index is 2.30. The van der Waals surface area contributed by atoms with Gasteiger partial charge in [-0.25, -0.2) is 4.79 Å². The van der Waals surface area contributed by atoms with E-state index in [4.69, 9.17) is 34.9 Å². The standard InChI is InChI=1S/C13H12F3O7PS/c1-3-21-24(25)22-8-5-10-9(19-6-20-10)4-7(8)12(23-24,11(17)18-2)13(14,15)16/h4-5H,3,6H2,1-2H3/t12-,24+/m0/s1. The summed E-state index contributed by atoms with van der Waals surface area (Å²) in [6.45, 7) is -2.70. The molecule has 2 aliphatic heterocycles. The average Bonchev–Trinajstić information content (AvgIpc) is 2.97. The molecule has 0 radical (unpaired) electrons. The summed E-state index contributed by atoms with van der Waals surface area (Å²) in [7, 11) is 0.811. The first-order chi connectivity index (χ1) is 11.7. The predicted molar refractivity (Wildman–Crippen MR) is 79.9 cm³/mol. The summed E-state index contributed by atoms with van der Waals surface area (Å²) >= 11 is 5.01. The summed E-state index contributed by atoms with van der Waals surface area (Å²) in [6.07, 6.45) is -5.20. The molecule has 2 heterocycles. The van der Waals surface area contributed by atoms with Gasteiger partial charge in [0.1, 0.15) is 5.75 Å². The monoisotopic (exact) mass is 400 g/mol. The molecule has 25 heavy (non-hydrogen) atoms. The van der Waals surface area contributed by atoms with Gasteiger partial charge in [0.05, 0.1) is 19.3 Å². The highest BCUT2D eigenvalue weighted by molar-refractivity contribution is 8.07. The summed E-state index contributed by atoms with van der Waals surface area (Å²) in [5.74, 6) is -1.87. The third-order valence-electron chi connectivity index (χ3n) is 3.47. The van der Waals surface area contributed by atoms with Crippen molar-refractivity contribution in [2.75, 3.05) is 20.5 Å². The van der Waals surface area contributed by atoms with Gasteiger partial charge in [0.2, 0.25) is 6.79 Å². The van der Waals surface area contributed by atoms with Crippen molar-refractivity contribution in [1.29, 1.82) is 0 Å². The Hall–Kier alpha value is -1.55. The van der Waals surface area contributed by atoms with Crippen LogP contribution in [-0.4, -0.2) is 32.7 Å². The maximum absolute atomic E-state index is 14.0. The Morgan fingerprint density at radius 2 is 1.96 bits per heavy atom. The fourth-order valence-corrected chi connectivity index (χ4v) is 4.81. The van der Waals surface area contributed by atoms with Gasteiger partial charge < -0.3 is 18.7 Å². The summed E-state index contributed by atoms with van der Waals surface area (Å²) in [6, 6.07) is 2.12. The van der Waals surface area contributed by atoms with Crippen LogP contribution >= 0.6 is 6.72 Å². The van der Waals surface area contributed by atoms with E-state index in [-0.39, 0.29) is 30.6 Å². The number of fused-ring (bicyclic) bond motifs is 2. The predicted octanol–water partition coefficient (Wildman–Crippen LogP) is 3.02. The van der Waals surface area contributed by atoms with Gasteiger partial charge in [-0.05, 0) is 13.0 Å². The molecule has 0 bridgehead atoms. The topological polar surface area (TPSA) is 72.5 Å². The van der Waals surface area contributed by atoms with Gasteiger partial charge in [0.25, 0.3) is 5.60 Å². The van der Waals surface area contributed by atoms with Gasteiger partial charge in [0.15, 0.2) is 11.5 Å². The number of methoxy groups -OCH3 is 1. The van der Waals surface area contributed by atoms with Gasteiger partial charge in [0, 0.05) is 17.9 Å². The molecule has 7 nitrogen and oxygen atoms in total. The van der Waals surface area contributed by atoms with E-state index in [9.17, 15) is 18.0 Å². The largest absolute Gasteiger partial charge is 0.466 e. The number of benzene rings is 1. The number of hydrogen-bond acceptors (Lipinski definition) is 8. The molecule has 0 N–H and O–H groups in total. The summed E-state index contributed by atoms with van der Waals surface area (Å²) in [4.78, 5) is 12.2. The van der Waals surface area contributed by atoms with Gasteiger partial charge in [-0.15, -0.1) is 0 Å². The Morgan fingerprint density at radius 3 is 2.52 bits per heavy atom. The quantitative estimate of drug-likeness (QED) is 0.567. The second-order valence-corrected chi connectivity index (χ2v) is 7.78. The minimum Gasteiger partial charge on any atom is -0.466 e. The highest BCUT2D eigenvalue weighted by Crippen LogP contribution is 2.65. The van der Waals surface area contributed by atoms with E-state index >= 15 is 0 Å². The number of alkyl halides is 3. The number of carbonyl (C=O) groups excluding carboxylic acids is 1. The Kier molecular flexibility index (Phi) is 4.39. The average molecular weight is 400 g/mol. The van der Waals surface area contributed by atoms with Crippen LogP contribution in [0.4, 0.5) is 13.2 Å². The van der Waals surface area contributed by atoms with Crippen LogP contribution in [0, 0.1) is 0 Å². The van der Waals surface area contributed by atoms with Crippen LogP contribution in [0.3, 0.4) is 0 Å². The molecule has 0 amide bonds. The van der Waals surface area contributed by atoms with Crippen LogP contribution in [0.15, 0.2) is 12.1 Å². The van der Waals surface area contributed by atoms with Gasteiger partial charge in [-0.1, -0.05) is 0 Å². The summed E-state index contributed by atoms with van der Waals surface area (Å²) < 4.78 is 72.1. The molecule has 2 aliphatic rings. The van der Waals surface area contributed by atoms with Crippen molar-refractivity contribution in [3.63, 3.8) is 0 Å². The second kappa shape index (κ2) is 6.01. The van der Waals surface area contributed by atoms with Crippen LogP contribution in [0.1, 0.15) is 12.5 Å². The van der Waals surface area contributed by atoms with Crippen molar-refractivity contribution in [1.82, 2.24) is 0 Å². The highest BCUT2D eigenvalue weighted by atomic mass is 32.5. The zero-order valence-electron chi connectivity index (χ0n) is 12.9. The molecule has 12 heteroatoms. The molecule has 0 aliphatic carbocycles. The second-order valence-electron chi connectivity index (χ2n) is 4.92. The van der Waals surface area contributed by atoms with E-state index in [0.717, 1.165) is 19.2 Å². The van der Waals surface area contributed by atoms with E-state index in [1.54, 1.807) is 0 Å². The zero-order chi connectivity index (χ0) is 18.5. The first-order valence-electron chi connectivity index (χ1n) is 6.91. The Morgan fingerprint density at radius 1 is 1.32 bits per heavy atom. The van der Waals surface area contributed by atoms with Crippen molar-refractivity contribution in [2.24, 2.45) is 0 Å². The SMILES string of the molecule is CCO[P@@]1(=S)Oc2cc3c(cc2[C@](C(=O)OC)(C(F)(F)F)O1)OCO3. The lowest BCUT2D eigenvalue weighted by atomic mass is 9.91. The van der Waals surface area contributed by atoms with E-state index < -0.39 is 30.0 Å². The minimum absolute atomic E-state index is 0.00934. The maximum atomic E-state index is 14.0. The number of carbonyl (C=O) groups is 1. The molecule has 0 aromatic heterocycles. The van der Waals surface area contributed by atoms with E-state index in [1.807, 2.05) is 0 Å². The number of hydrogen-bond donors (Lipinski definition) is 0. The van der Waals surface area contributed by atoms with Crippen molar-refractivity contribution in [3.8, 4) is 17.2 Å². The Labute approximate surface area is 145 Å². The molecule has 138 valence electrons. The van der Waals surface area contributed by atoms with E-state index in [1.165, 1.54) is 6.92 Å². The van der Waals surface area contributed by atoms with E-state index in [0.29, 0.717) is 0 Å². The van der Waals surface area contributed by atoms with Crippen molar-refractivity contribution in [2.45, 2.75) is 18.7 Å². The molecule has 0 saturated heterocycles. The number of halogens is 3. The van der Waals surface area contributed by atoms with Crippen LogP contribution in [0.25, 0.3) is 0 Å². The fraction of sp³-hybridized carbons (Fsp3) is 0.462. The smallest absolute Gasteiger partial charge is 0.433 e. The molecular weight excluding hydrogens is 388 g/mol. The molecule has 3 rings (SSSR count). The van der Waals surface area contributed by atoms with Gasteiger partial charge in [-0.3, -0.25) is 9.05 Å². The highest BCUT2D eigenvalue weighted by Gasteiger charge is 2.70. The first-order valence-corrected chi connectivity index (χ1v) is 9.46. The molecule has 1 aromatic rings. The van der Waals surface area contributed by atoms with Crippen LogP contribution < -0.4 is 14.0 Å². The lowest BCUT2D eigenvalue weighted by molar-refractivity contribution is -0.261. The first kappa shape index (κ1) is 18.2. The molecule has 2 atom stereocenters. The third-order valence-corrected chi connectivity index (χ3v) is 5.73. The van der Waals surface area contributed by atoms with Crippen LogP contribution in [0.2, 0.25) is 0 Å². The maximum Gasteiger partial charge on any atom is 0.433 e. The van der Waals surface area contributed by atoms with Gasteiger partial charge >= 0.3 is 18.9 Å². The Bertz CT molecular complexity index is 769. The van der Waals surface area contributed by atoms with Crippen molar-refractivity contribution >= 4 is 24.5 Å². The number of rotatable bonds is 3. The van der Waals surface area contributed by atoms with Crippen LogP contribution in [0.5, 0.6) is 17.2 Å². The molecule has 1 aromatic carbocycles. The molecule has 0 fully saturated rings. The third kappa shape index (κ3) is 2.75.